The van der Waals surface area contributed by atoms with Crippen LogP contribution in [0.3, 0.4) is 0 Å². The van der Waals surface area contributed by atoms with E-state index in [0.29, 0.717) is 10.6 Å². The largest absolute Gasteiger partial charge is 0.319 e. The van der Waals surface area contributed by atoms with E-state index in [9.17, 15) is 15.3 Å². The van der Waals surface area contributed by atoms with Gasteiger partial charge in [-0.3, -0.25) is 4.79 Å². The minimum Gasteiger partial charge on any atom is -0.319 e. The van der Waals surface area contributed by atoms with Gasteiger partial charge in [-0.25, -0.2) is 0 Å². The summed E-state index contributed by atoms with van der Waals surface area (Å²) in [6.45, 7) is 0. The first-order valence-electron chi connectivity index (χ1n) is 6.09. The standard InChI is InChI=1S/C13H15N3OS/c1-18-12-10(8-15)13(5-3-2-4-6-13)9(7-14)11(17)16-12/h9H,2-6H2,1H3,(H,16,17)/t9-/m1/s1. The lowest BCUT2D eigenvalue weighted by Crippen LogP contribution is -2.48. The van der Waals surface area contributed by atoms with Crippen LogP contribution in [0.5, 0.6) is 0 Å². The molecule has 0 aromatic carbocycles. The molecular formula is C13H15N3OS. The number of thioether (sulfide) groups is 1. The molecule has 1 spiro atoms. The minimum atomic E-state index is -0.719. The van der Waals surface area contributed by atoms with Gasteiger partial charge >= 0.3 is 0 Å². The van der Waals surface area contributed by atoms with Crippen LogP contribution in [0.4, 0.5) is 0 Å². The van der Waals surface area contributed by atoms with Crippen LogP contribution in [0.1, 0.15) is 32.1 Å². The van der Waals surface area contributed by atoms with Crippen molar-refractivity contribution in [2.75, 3.05) is 6.26 Å². The molecule has 0 radical (unpaired) electrons. The highest BCUT2D eigenvalue weighted by atomic mass is 32.2. The number of nitriles is 2. The topological polar surface area (TPSA) is 76.7 Å². The van der Waals surface area contributed by atoms with E-state index in [1.807, 2.05) is 6.26 Å². The number of nitrogens with zero attached hydrogens (tertiary/aromatic N) is 2. The first kappa shape index (κ1) is 13.0. The van der Waals surface area contributed by atoms with Crippen molar-refractivity contribution in [3.05, 3.63) is 10.6 Å². The van der Waals surface area contributed by atoms with Crippen LogP contribution in [-0.2, 0) is 4.79 Å². The molecular weight excluding hydrogens is 246 g/mol. The fourth-order valence-electron chi connectivity index (χ4n) is 3.09. The van der Waals surface area contributed by atoms with Gasteiger partial charge in [0, 0.05) is 5.41 Å². The van der Waals surface area contributed by atoms with Crippen molar-refractivity contribution in [3.63, 3.8) is 0 Å². The molecule has 2 aliphatic rings. The molecule has 1 aliphatic carbocycles. The number of carbonyl (C=O) groups is 1. The number of hydrogen-bond donors (Lipinski definition) is 1. The van der Waals surface area contributed by atoms with Crippen molar-refractivity contribution < 1.29 is 4.79 Å². The maximum absolute atomic E-state index is 12.0. The molecule has 18 heavy (non-hydrogen) atoms. The quantitative estimate of drug-likeness (QED) is 0.785. The summed E-state index contributed by atoms with van der Waals surface area (Å²) in [5.74, 6) is -0.967. The summed E-state index contributed by atoms with van der Waals surface area (Å²) in [6, 6.07) is 4.36. The molecule has 1 saturated carbocycles. The third kappa shape index (κ3) is 1.79. The van der Waals surface area contributed by atoms with Crippen molar-refractivity contribution in [1.82, 2.24) is 5.32 Å². The second kappa shape index (κ2) is 5.04. The monoisotopic (exact) mass is 261 g/mol. The number of carbonyl (C=O) groups excluding carboxylic acids is 1. The Balaban J connectivity index is 2.57. The van der Waals surface area contributed by atoms with Gasteiger partial charge < -0.3 is 5.32 Å². The molecule has 1 N–H and O–H groups in total. The Morgan fingerprint density at radius 3 is 2.50 bits per heavy atom. The molecule has 1 atom stereocenters. The van der Waals surface area contributed by atoms with Crippen LogP contribution in [0.2, 0.25) is 0 Å². The molecule has 4 nitrogen and oxygen atoms in total. The maximum atomic E-state index is 12.0. The minimum absolute atomic E-state index is 0.247. The third-order valence-electron chi connectivity index (χ3n) is 3.97. The fourth-order valence-corrected chi connectivity index (χ4v) is 3.74. The molecule has 0 aromatic heterocycles. The van der Waals surface area contributed by atoms with Gasteiger partial charge in [-0.05, 0) is 19.1 Å². The SMILES string of the molecule is CSC1=C(C#N)C2(CCCCC2)[C@H](C#N)C(=O)N1. The average molecular weight is 261 g/mol. The second-order valence-corrected chi connectivity index (χ2v) is 5.60. The Hall–Kier alpha value is -1.46. The van der Waals surface area contributed by atoms with E-state index in [1.54, 1.807) is 0 Å². The maximum Gasteiger partial charge on any atom is 0.243 e. The summed E-state index contributed by atoms with van der Waals surface area (Å²) < 4.78 is 0. The zero-order chi connectivity index (χ0) is 13.2. The van der Waals surface area contributed by atoms with Gasteiger partial charge in [-0.2, -0.15) is 10.5 Å². The van der Waals surface area contributed by atoms with Gasteiger partial charge in [0.2, 0.25) is 5.91 Å². The predicted molar refractivity (Wildman–Crippen MR) is 68.9 cm³/mol. The summed E-state index contributed by atoms with van der Waals surface area (Å²) in [5, 5.41) is 22.1. The van der Waals surface area contributed by atoms with E-state index < -0.39 is 11.3 Å². The Labute approximate surface area is 111 Å². The van der Waals surface area contributed by atoms with Gasteiger partial charge in [-0.1, -0.05) is 19.3 Å². The van der Waals surface area contributed by atoms with Crippen molar-refractivity contribution in [3.8, 4) is 12.1 Å². The van der Waals surface area contributed by atoms with Crippen molar-refractivity contribution in [2.45, 2.75) is 32.1 Å². The highest BCUT2D eigenvalue weighted by molar-refractivity contribution is 8.02. The van der Waals surface area contributed by atoms with Crippen LogP contribution in [0.15, 0.2) is 10.6 Å². The summed E-state index contributed by atoms with van der Waals surface area (Å²) in [4.78, 5) is 12.0. The lowest BCUT2D eigenvalue weighted by molar-refractivity contribution is -0.126. The molecule has 1 amide bonds. The van der Waals surface area contributed by atoms with Gasteiger partial charge in [0.15, 0.2) is 0 Å². The lowest BCUT2D eigenvalue weighted by Gasteiger charge is -2.43. The smallest absolute Gasteiger partial charge is 0.243 e. The number of hydrogen-bond acceptors (Lipinski definition) is 4. The Kier molecular flexibility index (Phi) is 3.63. The summed E-state index contributed by atoms with van der Waals surface area (Å²) >= 11 is 1.38. The molecule has 0 aromatic rings. The van der Waals surface area contributed by atoms with E-state index in [2.05, 4.69) is 17.5 Å². The van der Waals surface area contributed by atoms with Crippen LogP contribution in [-0.4, -0.2) is 12.2 Å². The van der Waals surface area contributed by atoms with E-state index in [0.717, 1.165) is 32.1 Å². The summed E-state index contributed by atoms with van der Waals surface area (Å²) in [6.07, 6.45) is 6.47. The summed E-state index contributed by atoms with van der Waals surface area (Å²) in [5.41, 5.74) is 0.0726. The van der Waals surface area contributed by atoms with Crippen molar-refractivity contribution in [2.24, 2.45) is 11.3 Å². The van der Waals surface area contributed by atoms with E-state index in [4.69, 9.17) is 0 Å². The van der Waals surface area contributed by atoms with Crippen molar-refractivity contribution in [1.29, 1.82) is 10.5 Å². The van der Waals surface area contributed by atoms with Crippen molar-refractivity contribution >= 4 is 17.7 Å². The molecule has 1 aliphatic heterocycles. The summed E-state index contributed by atoms with van der Waals surface area (Å²) in [7, 11) is 0. The first-order valence-corrected chi connectivity index (χ1v) is 7.31. The Bertz CT molecular complexity index is 477. The van der Waals surface area contributed by atoms with Gasteiger partial charge in [0.25, 0.3) is 0 Å². The normalized spacial score (nSPS) is 26.4. The lowest BCUT2D eigenvalue weighted by atomic mass is 9.61. The predicted octanol–water partition coefficient (Wildman–Crippen LogP) is 2.30. The van der Waals surface area contributed by atoms with Gasteiger partial charge in [-0.15, -0.1) is 11.8 Å². The van der Waals surface area contributed by atoms with Crippen LogP contribution in [0.25, 0.3) is 0 Å². The molecule has 5 heteroatoms. The highest BCUT2D eigenvalue weighted by Gasteiger charge is 2.51. The molecule has 94 valence electrons. The number of allylic oxidation sites excluding steroid dienone is 1. The molecule has 1 heterocycles. The zero-order valence-corrected chi connectivity index (χ0v) is 11.1. The van der Waals surface area contributed by atoms with Crippen LogP contribution < -0.4 is 5.32 Å². The van der Waals surface area contributed by atoms with E-state index >= 15 is 0 Å². The molecule has 2 rings (SSSR count). The van der Waals surface area contributed by atoms with Gasteiger partial charge in [0.1, 0.15) is 5.92 Å². The fraction of sp³-hybridized carbons (Fsp3) is 0.615. The highest BCUT2D eigenvalue weighted by Crippen LogP contribution is 2.51. The Morgan fingerprint density at radius 2 is 2.00 bits per heavy atom. The molecule has 0 bridgehead atoms. The van der Waals surface area contributed by atoms with Gasteiger partial charge in [0.05, 0.1) is 22.7 Å². The molecule has 0 unspecified atom stereocenters. The number of nitrogens with one attached hydrogen (secondary N) is 1. The van der Waals surface area contributed by atoms with E-state index in [1.165, 1.54) is 11.8 Å². The number of rotatable bonds is 1. The molecule has 1 fully saturated rings. The zero-order valence-electron chi connectivity index (χ0n) is 10.3. The average Bonchev–Trinajstić information content (AvgIpc) is 2.39. The van der Waals surface area contributed by atoms with Crippen LogP contribution in [0, 0.1) is 34.0 Å². The molecule has 0 saturated heterocycles. The Morgan fingerprint density at radius 1 is 1.33 bits per heavy atom. The van der Waals surface area contributed by atoms with Crippen LogP contribution >= 0.6 is 11.8 Å². The second-order valence-electron chi connectivity index (χ2n) is 4.79. The first-order chi connectivity index (χ1) is 8.69. The third-order valence-corrected chi connectivity index (χ3v) is 4.68. The number of amides is 1. The van der Waals surface area contributed by atoms with E-state index in [-0.39, 0.29) is 5.91 Å².